The van der Waals surface area contributed by atoms with E-state index in [1.807, 2.05) is 57.7 Å². The zero-order valence-electron chi connectivity index (χ0n) is 15.2. The molecule has 0 atom stereocenters. The minimum atomic E-state index is -0.499. The van der Waals surface area contributed by atoms with Crippen molar-refractivity contribution in [3.8, 4) is 0 Å². The normalized spacial score (nSPS) is 15.2. The van der Waals surface area contributed by atoms with E-state index in [1.54, 1.807) is 11.0 Å². The number of carbonyl (C=O) groups excluding carboxylic acids is 1. The summed E-state index contributed by atoms with van der Waals surface area (Å²) in [5, 5.41) is 0. The highest BCUT2D eigenvalue weighted by molar-refractivity contribution is 5.68. The first kappa shape index (κ1) is 18.3. The van der Waals surface area contributed by atoms with Gasteiger partial charge in [-0.25, -0.2) is 9.18 Å². The molecule has 1 saturated heterocycles. The van der Waals surface area contributed by atoms with Crippen LogP contribution in [0.1, 0.15) is 40.2 Å². The number of ether oxygens (including phenoxy) is 1. The lowest BCUT2D eigenvalue weighted by molar-refractivity contribution is 0.0240. The van der Waals surface area contributed by atoms with E-state index in [9.17, 15) is 9.18 Å². The maximum Gasteiger partial charge on any atom is 0.410 e. The van der Waals surface area contributed by atoms with Crippen molar-refractivity contribution in [3.05, 3.63) is 35.2 Å². The van der Waals surface area contributed by atoms with Crippen LogP contribution < -0.4 is 4.90 Å². The number of halogens is 1. The highest BCUT2D eigenvalue weighted by Gasteiger charge is 2.26. The van der Waals surface area contributed by atoms with Crippen molar-refractivity contribution >= 4 is 17.9 Å². The Labute approximate surface area is 143 Å². The molecule has 1 aliphatic heterocycles. The Hall–Kier alpha value is -2.04. The lowest BCUT2D eigenvalue weighted by Crippen LogP contribution is -2.50. The summed E-state index contributed by atoms with van der Waals surface area (Å²) in [5.41, 5.74) is 2.09. The topological polar surface area (TPSA) is 32.8 Å². The van der Waals surface area contributed by atoms with Crippen molar-refractivity contribution in [2.24, 2.45) is 0 Å². The van der Waals surface area contributed by atoms with Crippen molar-refractivity contribution < 1.29 is 13.9 Å². The fourth-order valence-electron chi connectivity index (χ4n) is 2.66. The summed E-state index contributed by atoms with van der Waals surface area (Å²) >= 11 is 0. The second-order valence-corrected chi connectivity index (χ2v) is 7.39. The van der Waals surface area contributed by atoms with E-state index in [4.69, 9.17) is 4.74 Å². The van der Waals surface area contributed by atoms with Crippen LogP contribution in [-0.4, -0.2) is 42.8 Å². The Bertz CT molecular complexity index is 623. The fourth-order valence-corrected chi connectivity index (χ4v) is 2.66. The van der Waals surface area contributed by atoms with Gasteiger partial charge in [0.15, 0.2) is 0 Å². The van der Waals surface area contributed by atoms with Crippen LogP contribution in [-0.2, 0) is 4.74 Å². The molecule has 5 heteroatoms. The number of hydrogen-bond donors (Lipinski definition) is 0. The third-order valence-corrected chi connectivity index (χ3v) is 3.70. The molecular formula is C19H27FN2O2. The summed E-state index contributed by atoms with van der Waals surface area (Å²) in [7, 11) is 0. The van der Waals surface area contributed by atoms with Crippen LogP contribution in [0.2, 0.25) is 0 Å². The van der Waals surface area contributed by atoms with Crippen LogP contribution in [0.3, 0.4) is 0 Å². The minimum Gasteiger partial charge on any atom is -0.444 e. The summed E-state index contributed by atoms with van der Waals surface area (Å²) in [5.74, 6) is -0.226. The number of anilines is 1. The fraction of sp³-hybridized carbons (Fsp3) is 0.526. The smallest absolute Gasteiger partial charge is 0.410 e. The Kier molecular flexibility index (Phi) is 5.52. The van der Waals surface area contributed by atoms with Crippen LogP contribution in [0.25, 0.3) is 6.08 Å². The molecule has 132 valence electrons. The molecule has 0 aromatic heterocycles. The zero-order valence-corrected chi connectivity index (χ0v) is 15.2. The van der Waals surface area contributed by atoms with Gasteiger partial charge in [0, 0.05) is 26.2 Å². The predicted octanol–water partition coefficient (Wildman–Crippen LogP) is 4.31. The minimum absolute atomic E-state index is 0.226. The van der Waals surface area contributed by atoms with Gasteiger partial charge in [-0.2, -0.15) is 0 Å². The van der Waals surface area contributed by atoms with Crippen molar-refractivity contribution in [2.45, 2.75) is 40.2 Å². The average molecular weight is 334 g/mol. The number of allylic oxidation sites excluding steroid dienone is 1. The molecule has 1 aromatic carbocycles. The Balaban J connectivity index is 2.00. The van der Waals surface area contributed by atoms with Crippen molar-refractivity contribution in [3.63, 3.8) is 0 Å². The van der Waals surface area contributed by atoms with Crippen LogP contribution in [0.4, 0.5) is 14.9 Å². The second kappa shape index (κ2) is 7.24. The first-order chi connectivity index (χ1) is 11.2. The summed E-state index contributed by atoms with van der Waals surface area (Å²) in [6, 6.07) is 5.29. The molecule has 1 aromatic rings. The van der Waals surface area contributed by atoms with Gasteiger partial charge in [0.05, 0.1) is 5.69 Å². The van der Waals surface area contributed by atoms with Gasteiger partial charge in [-0.05, 0) is 52.3 Å². The van der Waals surface area contributed by atoms with Crippen molar-refractivity contribution in [2.75, 3.05) is 31.1 Å². The van der Waals surface area contributed by atoms with Gasteiger partial charge in [-0.1, -0.05) is 17.7 Å². The van der Waals surface area contributed by atoms with Crippen LogP contribution >= 0.6 is 0 Å². The van der Waals surface area contributed by atoms with Crippen LogP contribution in [0.15, 0.2) is 23.8 Å². The van der Waals surface area contributed by atoms with E-state index in [2.05, 4.69) is 0 Å². The molecule has 24 heavy (non-hydrogen) atoms. The monoisotopic (exact) mass is 334 g/mol. The Morgan fingerprint density at radius 2 is 1.79 bits per heavy atom. The number of hydrogen-bond acceptors (Lipinski definition) is 3. The molecule has 1 aliphatic rings. The summed E-state index contributed by atoms with van der Waals surface area (Å²) < 4.78 is 19.8. The highest BCUT2D eigenvalue weighted by Crippen LogP contribution is 2.23. The standard InChI is InChI=1S/C19H27FN2O2/c1-14(2)12-15-6-7-17(16(20)13-15)21-8-10-22(11-9-21)18(23)24-19(3,4)5/h6-7,12-13H,8-11H2,1-5H3. The molecule has 0 unspecified atom stereocenters. The van der Waals surface area contributed by atoms with Gasteiger partial charge in [0.1, 0.15) is 11.4 Å². The van der Waals surface area contributed by atoms with E-state index in [0.717, 1.165) is 11.1 Å². The maximum absolute atomic E-state index is 14.4. The molecule has 0 bridgehead atoms. The molecule has 0 saturated carbocycles. The molecule has 1 heterocycles. The second-order valence-electron chi connectivity index (χ2n) is 7.39. The van der Waals surface area contributed by atoms with Gasteiger partial charge >= 0.3 is 6.09 Å². The van der Waals surface area contributed by atoms with Gasteiger partial charge < -0.3 is 14.5 Å². The van der Waals surface area contributed by atoms with Gasteiger partial charge in [0.25, 0.3) is 0 Å². The van der Waals surface area contributed by atoms with E-state index in [0.29, 0.717) is 31.9 Å². The van der Waals surface area contributed by atoms with Crippen molar-refractivity contribution in [1.82, 2.24) is 4.90 Å². The molecule has 2 rings (SSSR count). The quantitative estimate of drug-likeness (QED) is 0.808. The third-order valence-electron chi connectivity index (χ3n) is 3.70. The third kappa shape index (κ3) is 4.98. The molecular weight excluding hydrogens is 307 g/mol. The Morgan fingerprint density at radius 1 is 1.17 bits per heavy atom. The van der Waals surface area contributed by atoms with Crippen LogP contribution in [0.5, 0.6) is 0 Å². The summed E-state index contributed by atoms with van der Waals surface area (Å²) in [6.07, 6.45) is 1.65. The molecule has 0 aliphatic carbocycles. The average Bonchev–Trinajstić information content (AvgIpc) is 2.45. The summed E-state index contributed by atoms with van der Waals surface area (Å²) in [6.45, 7) is 11.8. The largest absolute Gasteiger partial charge is 0.444 e. The van der Waals surface area contributed by atoms with Crippen molar-refractivity contribution in [1.29, 1.82) is 0 Å². The molecule has 4 nitrogen and oxygen atoms in total. The maximum atomic E-state index is 14.4. The SMILES string of the molecule is CC(C)=Cc1ccc(N2CCN(C(=O)OC(C)(C)C)CC2)c(F)c1. The zero-order chi connectivity index (χ0) is 17.9. The molecule has 0 spiro atoms. The first-order valence-corrected chi connectivity index (χ1v) is 8.33. The lowest BCUT2D eigenvalue weighted by Gasteiger charge is -2.36. The molecule has 1 fully saturated rings. The molecule has 0 N–H and O–H groups in total. The number of benzene rings is 1. The lowest BCUT2D eigenvalue weighted by atomic mass is 10.1. The highest BCUT2D eigenvalue weighted by atomic mass is 19.1. The summed E-state index contributed by atoms with van der Waals surface area (Å²) in [4.78, 5) is 15.7. The number of carbonyl (C=O) groups is 1. The predicted molar refractivity (Wildman–Crippen MR) is 95.7 cm³/mol. The van der Waals surface area contributed by atoms with Gasteiger partial charge in [0.2, 0.25) is 0 Å². The Morgan fingerprint density at radius 3 is 2.29 bits per heavy atom. The first-order valence-electron chi connectivity index (χ1n) is 8.33. The van der Waals surface area contributed by atoms with E-state index >= 15 is 0 Å². The van der Waals surface area contributed by atoms with Gasteiger partial charge in [-0.3, -0.25) is 0 Å². The number of piperazine rings is 1. The number of rotatable bonds is 2. The van der Waals surface area contributed by atoms with Crippen LogP contribution in [0, 0.1) is 5.82 Å². The molecule has 1 amide bonds. The van der Waals surface area contributed by atoms with E-state index in [1.165, 1.54) is 0 Å². The van der Waals surface area contributed by atoms with Gasteiger partial charge in [-0.15, -0.1) is 0 Å². The molecule has 0 radical (unpaired) electrons. The number of nitrogens with zero attached hydrogens (tertiary/aromatic N) is 2. The van der Waals surface area contributed by atoms with E-state index < -0.39 is 5.60 Å². The van der Waals surface area contributed by atoms with E-state index in [-0.39, 0.29) is 11.9 Å². The number of amides is 1.